The molecule has 0 aliphatic heterocycles. The number of hydrogen-bond donors (Lipinski definition) is 0. The first-order valence-corrected chi connectivity index (χ1v) is 16.5. The third-order valence-electron chi connectivity index (χ3n) is 3.15. The smallest absolute Gasteiger partial charge is 0.0480 e. The van der Waals surface area contributed by atoms with Crippen LogP contribution >= 0.6 is 163 Å². The van der Waals surface area contributed by atoms with Crippen molar-refractivity contribution in [3.05, 3.63) is 35.8 Å². The van der Waals surface area contributed by atoms with Gasteiger partial charge >= 0.3 is 0 Å². The van der Waals surface area contributed by atoms with Crippen LogP contribution in [-0.4, -0.2) is 11.5 Å². The van der Waals surface area contributed by atoms with Gasteiger partial charge in [0.15, 0.2) is 0 Å². The highest BCUT2D eigenvalue weighted by Crippen LogP contribution is 2.55. The summed E-state index contributed by atoms with van der Waals surface area (Å²) in [6, 6.07) is 0. The van der Waals surface area contributed by atoms with E-state index in [1.165, 1.54) is 9.79 Å². The Morgan fingerprint density at radius 1 is 0.444 bits per heavy atom. The Bertz CT molecular complexity index is 755. The predicted octanol–water partition coefficient (Wildman–Crippen LogP) is 12.2. The number of hydrogen-bond acceptors (Lipinski definition) is 3. The van der Waals surface area contributed by atoms with E-state index in [9.17, 15) is 0 Å². The van der Waals surface area contributed by atoms with Crippen LogP contribution in [0.2, 0.25) is 0 Å². The van der Waals surface area contributed by atoms with Gasteiger partial charge in [0.05, 0.1) is 0 Å². The van der Waals surface area contributed by atoms with Crippen molar-refractivity contribution in [3.63, 3.8) is 0 Å². The molecule has 2 rings (SSSR count). The minimum absolute atomic E-state index is 0.996. The Labute approximate surface area is 239 Å². The lowest BCUT2D eigenvalue weighted by Gasteiger charge is -2.19. The first-order chi connectivity index (χ1) is 12.7. The van der Waals surface area contributed by atoms with Crippen molar-refractivity contribution in [1.29, 1.82) is 0 Å². The van der Waals surface area contributed by atoms with Crippen molar-refractivity contribution in [1.82, 2.24) is 0 Å². The molecule has 0 aliphatic rings. The van der Waals surface area contributed by atoms with Crippen LogP contribution in [0.5, 0.6) is 0 Å². The van der Waals surface area contributed by atoms with Gasteiger partial charge in [0.25, 0.3) is 0 Å². The molecule has 11 heteroatoms. The summed E-state index contributed by atoms with van der Waals surface area (Å²) >= 11 is 35.4. The molecule has 2 aromatic rings. The molecule has 0 aliphatic carbocycles. The van der Waals surface area contributed by atoms with Gasteiger partial charge in [-0.2, -0.15) is 0 Å². The van der Waals surface area contributed by atoms with E-state index in [0.717, 1.165) is 57.1 Å². The maximum atomic E-state index is 3.78. The summed E-state index contributed by atoms with van der Waals surface area (Å²) in [6.07, 6.45) is 0. The van der Waals surface area contributed by atoms with Crippen LogP contribution in [0.25, 0.3) is 0 Å². The van der Waals surface area contributed by atoms with E-state index in [0.29, 0.717) is 0 Å². The van der Waals surface area contributed by atoms with Gasteiger partial charge in [0.1, 0.15) is 0 Å². The van der Waals surface area contributed by atoms with Crippen LogP contribution < -0.4 is 0 Å². The van der Waals surface area contributed by atoms with Crippen molar-refractivity contribution < 1.29 is 0 Å². The molecule has 148 valence electrons. The number of benzene rings is 2. The van der Waals surface area contributed by atoms with Crippen molar-refractivity contribution >= 4 is 163 Å². The zero-order valence-corrected chi connectivity index (χ0v) is 28.8. The molecule has 0 spiro atoms. The molecule has 0 saturated carbocycles. The molecule has 0 N–H and O–H groups in total. The number of thioether (sulfide) groups is 2. The lowest BCUT2D eigenvalue weighted by molar-refractivity contribution is 1.17. The van der Waals surface area contributed by atoms with E-state index < -0.39 is 0 Å². The van der Waals surface area contributed by atoms with E-state index in [-0.39, 0.29) is 0 Å². The molecule has 0 heterocycles. The maximum Gasteiger partial charge on any atom is 0.0480 e. The summed E-state index contributed by atoms with van der Waals surface area (Å²) in [6.45, 7) is 4.29. The van der Waals surface area contributed by atoms with E-state index in [4.69, 9.17) is 0 Å². The third-order valence-corrected chi connectivity index (χ3v) is 16.9. The van der Waals surface area contributed by atoms with Gasteiger partial charge in [0, 0.05) is 55.4 Å². The van der Waals surface area contributed by atoms with Gasteiger partial charge in [-0.05, 0) is 139 Å². The molecule has 27 heavy (non-hydrogen) atoms. The predicted molar refractivity (Wildman–Crippen MR) is 151 cm³/mol. The molecule has 0 saturated heterocycles. The summed E-state index contributed by atoms with van der Waals surface area (Å²) in [4.78, 5) is 4.53. The van der Waals surface area contributed by atoms with E-state index >= 15 is 0 Å². The minimum atomic E-state index is 0.996. The molecule has 0 nitrogen and oxygen atoms in total. The number of halogens is 8. The van der Waals surface area contributed by atoms with Crippen LogP contribution in [-0.2, 0) is 0 Å². The lowest BCUT2D eigenvalue weighted by atomic mass is 10.3. The van der Waals surface area contributed by atoms with E-state index in [1.54, 1.807) is 35.3 Å². The monoisotopic (exact) mass is 929 g/mol. The third kappa shape index (κ3) is 5.82. The Balaban J connectivity index is 2.65. The average Bonchev–Trinajstić information content (AvgIpc) is 2.65. The maximum absolute atomic E-state index is 3.78. The molecule has 0 fully saturated rings. The normalized spacial score (nSPS) is 11.3. The highest BCUT2D eigenvalue weighted by molar-refractivity contribution is 9.14. The van der Waals surface area contributed by atoms with Crippen LogP contribution in [0.1, 0.15) is 13.8 Å². The van der Waals surface area contributed by atoms with E-state index in [2.05, 4.69) is 141 Å². The largest absolute Gasteiger partial charge is 0.124 e. The van der Waals surface area contributed by atoms with Crippen molar-refractivity contribution in [2.75, 3.05) is 11.5 Å². The Kier molecular flexibility index (Phi) is 11.8. The molecule has 0 amide bonds. The zero-order chi connectivity index (χ0) is 20.5. The summed E-state index contributed by atoms with van der Waals surface area (Å²) in [5.41, 5.74) is 0. The average molecular weight is 938 g/mol. The van der Waals surface area contributed by atoms with Crippen LogP contribution in [0, 0.1) is 0 Å². The fraction of sp³-hybridized carbons (Fsp3) is 0.250. The topological polar surface area (TPSA) is 0 Å². The van der Waals surface area contributed by atoms with Gasteiger partial charge in [-0.1, -0.05) is 25.6 Å². The highest BCUT2D eigenvalue weighted by Gasteiger charge is 2.24. The molecular weight excluding hydrogens is 928 g/mol. The second kappa shape index (κ2) is 12.0. The fourth-order valence-electron chi connectivity index (χ4n) is 2.01. The van der Waals surface area contributed by atoms with Gasteiger partial charge in [0.2, 0.25) is 0 Å². The molecule has 0 aromatic heterocycles. The molecule has 0 radical (unpaired) electrons. The molecule has 0 bridgehead atoms. The summed E-state index contributed by atoms with van der Waals surface area (Å²) < 4.78 is 8.30. The first-order valence-electron chi connectivity index (χ1n) is 7.32. The molecular formula is C16H10Br8S3. The van der Waals surface area contributed by atoms with Crippen LogP contribution in [0.3, 0.4) is 0 Å². The Morgan fingerprint density at radius 3 is 0.889 bits per heavy atom. The van der Waals surface area contributed by atoms with Crippen LogP contribution in [0.4, 0.5) is 0 Å². The molecule has 0 atom stereocenters. The summed E-state index contributed by atoms with van der Waals surface area (Å²) in [5, 5.41) is 0. The lowest BCUT2D eigenvalue weighted by Crippen LogP contribution is -1.92. The zero-order valence-electron chi connectivity index (χ0n) is 13.7. The minimum Gasteiger partial charge on any atom is -0.124 e. The van der Waals surface area contributed by atoms with Gasteiger partial charge in [-0.25, -0.2) is 0 Å². The fourth-order valence-corrected chi connectivity index (χ4v) is 12.1. The standard InChI is InChI=1S/C16H10Br8S3/c1-3-25-13-5(17)9(21)15(10(22)6(13)18)27-16-11(23)7(19)14(26-4-2)8(20)12(16)24/h3-4H2,1-2H3. The SMILES string of the molecule is CCSc1c(Br)c(Br)c(Sc2c(Br)c(Br)c(SCC)c(Br)c2Br)c(Br)c1Br. The second-order valence-electron chi connectivity index (χ2n) is 4.80. The Morgan fingerprint density at radius 2 is 0.667 bits per heavy atom. The van der Waals surface area contributed by atoms with Gasteiger partial charge < -0.3 is 0 Å². The quantitative estimate of drug-likeness (QED) is 0.209. The van der Waals surface area contributed by atoms with Crippen molar-refractivity contribution in [2.24, 2.45) is 0 Å². The van der Waals surface area contributed by atoms with Crippen molar-refractivity contribution in [3.8, 4) is 0 Å². The second-order valence-corrected chi connectivity index (χ2v) is 14.7. The first kappa shape index (κ1) is 26.6. The number of rotatable bonds is 6. The van der Waals surface area contributed by atoms with Crippen molar-refractivity contribution in [2.45, 2.75) is 33.4 Å². The summed E-state index contributed by atoms with van der Waals surface area (Å²) in [7, 11) is 0. The van der Waals surface area contributed by atoms with Gasteiger partial charge in [-0.3, -0.25) is 0 Å². The highest BCUT2D eigenvalue weighted by atomic mass is 79.9. The van der Waals surface area contributed by atoms with Crippen LogP contribution in [0.15, 0.2) is 55.4 Å². The summed E-state index contributed by atoms with van der Waals surface area (Å²) in [5.74, 6) is 1.99. The molecule has 2 aromatic carbocycles. The van der Waals surface area contributed by atoms with E-state index in [1.807, 2.05) is 0 Å². The molecule has 0 unspecified atom stereocenters. The van der Waals surface area contributed by atoms with Gasteiger partial charge in [-0.15, -0.1) is 23.5 Å². The Hall–Kier alpha value is 3.33.